The van der Waals surface area contributed by atoms with Crippen LogP contribution in [0.2, 0.25) is 0 Å². The fourth-order valence-electron chi connectivity index (χ4n) is 3.09. The molecule has 0 spiro atoms. The van der Waals surface area contributed by atoms with Crippen molar-refractivity contribution in [3.8, 4) is 11.4 Å². The van der Waals surface area contributed by atoms with Crippen molar-refractivity contribution in [2.24, 2.45) is 5.73 Å². The molecule has 1 fully saturated rings. The average molecular weight is 407 g/mol. The molecule has 154 valence electrons. The minimum Gasteiger partial charge on any atom is -0.491 e. The van der Waals surface area contributed by atoms with E-state index in [4.69, 9.17) is 14.6 Å². The summed E-state index contributed by atoms with van der Waals surface area (Å²) in [7, 11) is 1.21. The lowest BCUT2D eigenvalue weighted by atomic mass is 10.2. The molecule has 0 atom stereocenters. The predicted octanol–water partition coefficient (Wildman–Crippen LogP) is 2.47. The minimum absolute atomic E-state index is 0.170. The molecule has 1 aliphatic carbocycles. The molecule has 0 bridgehead atoms. The zero-order valence-electron chi connectivity index (χ0n) is 15.5. The van der Waals surface area contributed by atoms with E-state index in [2.05, 4.69) is 31.3 Å². The third kappa shape index (κ3) is 4.65. The second-order valence-corrected chi connectivity index (χ2v) is 6.31. The SMILES string of the molecule is COc1c(F)cc(-n2nnc3cnc(NC4CCCC4)nc32)cc1F.NC(=O)O. The molecule has 1 aromatic carbocycles. The van der Waals surface area contributed by atoms with Crippen molar-refractivity contribution >= 4 is 23.2 Å². The largest absolute Gasteiger partial charge is 0.491 e. The quantitative estimate of drug-likeness (QED) is 0.599. The number of nitrogens with two attached hydrogens (primary N) is 1. The molecule has 3 aromatic rings. The Morgan fingerprint density at radius 3 is 2.52 bits per heavy atom. The molecule has 1 saturated carbocycles. The summed E-state index contributed by atoms with van der Waals surface area (Å²) in [6, 6.07) is 2.60. The van der Waals surface area contributed by atoms with Crippen LogP contribution in [0.25, 0.3) is 16.9 Å². The van der Waals surface area contributed by atoms with Gasteiger partial charge < -0.3 is 20.9 Å². The monoisotopic (exact) mass is 407 g/mol. The van der Waals surface area contributed by atoms with Gasteiger partial charge in [-0.15, -0.1) is 5.10 Å². The maximum atomic E-state index is 14.0. The second kappa shape index (κ2) is 8.63. The number of nitrogens with one attached hydrogen (secondary N) is 1. The molecule has 4 N–H and O–H groups in total. The summed E-state index contributed by atoms with van der Waals surface area (Å²) in [4.78, 5) is 17.4. The fourth-order valence-corrected chi connectivity index (χ4v) is 3.09. The zero-order valence-corrected chi connectivity index (χ0v) is 15.5. The van der Waals surface area contributed by atoms with Crippen molar-refractivity contribution in [2.75, 3.05) is 12.4 Å². The minimum atomic E-state index is -1.33. The number of ether oxygens (including phenoxy) is 1. The number of amides is 1. The Hall–Kier alpha value is -3.57. The van der Waals surface area contributed by atoms with Crippen LogP contribution in [0, 0.1) is 11.6 Å². The Bertz CT molecular complexity index is 994. The molecular formula is C17H19F2N7O3. The number of carbonyl (C=O) groups is 1. The number of hydrogen-bond donors (Lipinski definition) is 3. The normalized spacial score (nSPS) is 13.8. The first-order chi connectivity index (χ1) is 13.9. The van der Waals surface area contributed by atoms with Crippen LogP contribution in [0.15, 0.2) is 18.3 Å². The maximum absolute atomic E-state index is 14.0. The number of halogens is 2. The van der Waals surface area contributed by atoms with E-state index in [-0.39, 0.29) is 5.69 Å². The number of fused-ring (bicyclic) bond motifs is 1. The lowest BCUT2D eigenvalue weighted by molar-refractivity contribution is 0.205. The topological polar surface area (TPSA) is 141 Å². The molecule has 2 heterocycles. The van der Waals surface area contributed by atoms with Gasteiger partial charge in [0, 0.05) is 18.2 Å². The van der Waals surface area contributed by atoms with E-state index in [1.165, 1.54) is 24.6 Å². The van der Waals surface area contributed by atoms with E-state index in [9.17, 15) is 8.78 Å². The molecule has 29 heavy (non-hydrogen) atoms. The molecule has 1 amide bonds. The van der Waals surface area contributed by atoms with Gasteiger partial charge in [0.05, 0.1) is 19.0 Å². The van der Waals surface area contributed by atoms with Crippen LogP contribution in [0.5, 0.6) is 5.75 Å². The van der Waals surface area contributed by atoms with Crippen molar-refractivity contribution in [3.05, 3.63) is 30.0 Å². The zero-order chi connectivity index (χ0) is 21.0. The molecule has 0 radical (unpaired) electrons. The van der Waals surface area contributed by atoms with E-state index < -0.39 is 23.5 Å². The highest BCUT2D eigenvalue weighted by molar-refractivity contribution is 5.72. The van der Waals surface area contributed by atoms with Crippen LogP contribution in [-0.2, 0) is 0 Å². The van der Waals surface area contributed by atoms with Gasteiger partial charge >= 0.3 is 6.09 Å². The lowest BCUT2D eigenvalue weighted by Gasteiger charge is -2.11. The number of benzene rings is 1. The molecule has 4 rings (SSSR count). The molecule has 1 aliphatic rings. The van der Waals surface area contributed by atoms with E-state index >= 15 is 0 Å². The molecule has 0 saturated heterocycles. The first-order valence-corrected chi connectivity index (χ1v) is 8.76. The lowest BCUT2D eigenvalue weighted by Crippen LogP contribution is -2.16. The Kier molecular flexibility index (Phi) is 6.00. The standard InChI is InChI=1S/C16H16F2N6O.CH3NO2/c1-25-14-11(17)6-10(7-12(14)18)24-15-13(22-23-24)8-19-16(21-15)20-9-4-2-3-5-9;2-1(3)4/h6-9H,2-5H2,1H3,(H,19,20,21);2H2,(H,3,4). The number of methoxy groups -OCH3 is 1. The summed E-state index contributed by atoms with van der Waals surface area (Å²) < 4.78 is 33.9. The number of hydrogen-bond acceptors (Lipinski definition) is 7. The Morgan fingerprint density at radius 2 is 1.93 bits per heavy atom. The highest BCUT2D eigenvalue weighted by Crippen LogP contribution is 2.26. The molecular weight excluding hydrogens is 388 g/mol. The third-order valence-electron chi connectivity index (χ3n) is 4.31. The van der Waals surface area contributed by atoms with Gasteiger partial charge in [-0.3, -0.25) is 0 Å². The molecule has 10 nitrogen and oxygen atoms in total. The molecule has 0 unspecified atom stereocenters. The van der Waals surface area contributed by atoms with E-state index in [0.717, 1.165) is 25.0 Å². The average Bonchev–Trinajstić information content (AvgIpc) is 3.30. The van der Waals surface area contributed by atoms with E-state index in [0.29, 0.717) is 23.2 Å². The highest BCUT2D eigenvalue weighted by Gasteiger charge is 2.18. The van der Waals surface area contributed by atoms with Crippen molar-refractivity contribution in [1.82, 2.24) is 25.0 Å². The summed E-state index contributed by atoms with van der Waals surface area (Å²) in [5, 5.41) is 18.4. The Labute approximate surface area is 163 Å². The van der Waals surface area contributed by atoms with Crippen LogP contribution >= 0.6 is 0 Å². The van der Waals surface area contributed by atoms with Crippen LogP contribution in [0.4, 0.5) is 19.5 Å². The van der Waals surface area contributed by atoms with E-state index in [1.807, 2.05) is 0 Å². The summed E-state index contributed by atoms with van der Waals surface area (Å²) in [5.41, 5.74) is 5.01. The first-order valence-electron chi connectivity index (χ1n) is 8.76. The molecule has 2 aromatic heterocycles. The van der Waals surface area contributed by atoms with Crippen molar-refractivity contribution in [1.29, 1.82) is 0 Å². The number of rotatable bonds is 4. The second-order valence-electron chi connectivity index (χ2n) is 6.31. The number of anilines is 1. The number of primary amides is 1. The first kappa shape index (κ1) is 20.2. The number of carboxylic acid groups (broad SMARTS) is 1. The Balaban J connectivity index is 0.000000552. The highest BCUT2D eigenvalue weighted by atomic mass is 19.1. The molecule has 12 heteroatoms. The van der Waals surface area contributed by atoms with Gasteiger partial charge in [0.25, 0.3) is 0 Å². The van der Waals surface area contributed by atoms with Gasteiger partial charge in [0.15, 0.2) is 28.5 Å². The molecule has 0 aliphatic heterocycles. The van der Waals surface area contributed by atoms with Crippen LogP contribution in [-0.4, -0.2) is 49.3 Å². The maximum Gasteiger partial charge on any atom is 0.402 e. The van der Waals surface area contributed by atoms with Crippen molar-refractivity contribution in [2.45, 2.75) is 31.7 Å². The van der Waals surface area contributed by atoms with Gasteiger partial charge in [-0.2, -0.15) is 9.67 Å². The van der Waals surface area contributed by atoms with Gasteiger partial charge in [0.2, 0.25) is 5.95 Å². The Morgan fingerprint density at radius 1 is 1.31 bits per heavy atom. The fraction of sp³-hybridized carbons (Fsp3) is 0.353. The third-order valence-corrected chi connectivity index (χ3v) is 4.31. The van der Waals surface area contributed by atoms with Crippen molar-refractivity contribution in [3.63, 3.8) is 0 Å². The summed E-state index contributed by atoms with van der Waals surface area (Å²) in [6.45, 7) is 0. The summed E-state index contributed by atoms with van der Waals surface area (Å²) in [5.74, 6) is -1.62. The summed E-state index contributed by atoms with van der Waals surface area (Å²) in [6.07, 6.45) is 4.73. The van der Waals surface area contributed by atoms with Gasteiger partial charge in [-0.05, 0) is 12.8 Å². The van der Waals surface area contributed by atoms with Gasteiger partial charge in [0.1, 0.15) is 0 Å². The van der Waals surface area contributed by atoms with Crippen LogP contribution in [0.1, 0.15) is 25.7 Å². The number of nitrogens with zero attached hydrogens (tertiary/aromatic N) is 5. The van der Waals surface area contributed by atoms with Crippen molar-refractivity contribution < 1.29 is 23.4 Å². The van der Waals surface area contributed by atoms with Crippen LogP contribution < -0.4 is 15.8 Å². The van der Waals surface area contributed by atoms with Crippen LogP contribution in [0.3, 0.4) is 0 Å². The summed E-state index contributed by atoms with van der Waals surface area (Å²) >= 11 is 0. The van der Waals surface area contributed by atoms with E-state index in [1.54, 1.807) is 6.20 Å². The van der Waals surface area contributed by atoms with Gasteiger partial charge in [-0.1, -0.05) is 18.1 Å². The smallest absolute Gasteiger partial charge is 0.402 e. The number of aromatic nitrogens is 5. The van der Waals surface area contributed by atoms with Gasteiger partial charge in [-0.25, -0.2) is 18.6 Å². The predicted molar refractivity (Wildman–Crippen MR) is 99.0 cm³/mol.